The number of aryl methyl sites for hydroxylation is 1. The number of ether oxygens (including phenoxy) is 1. The molecule has 21 heavy (non-hydrogen) atoms. The van der Waals surface area contributed by atoms with Crippen LogP contribution in [0.2, 0.25) is 0 Å². The van der Waals surface area contributed by atoms with Gasteiger partial charge >= 0.3 is 0 Å². The van der Waals surface area contributed by atoms with Crippen LogP contribution in [0.4, 0.5) is 0 Å². The molecule has 0 saturated carbocycles. The molecule has 3 heteroatoms. The van der Waals surface area contributed by atoms with Gasteiger partial charge in [-0.25, -0.2) is 0 Å². The summed E-state index contributed by atoms with van der Waals surface area (Å²) in [7, 11) is 0. The summed E-state index contributed by atoms with van der Waals surface area (Å²) >= 11 is 1.87. The first-order chi connectivity index (χ1) is 10.3. The molecule has 2 aromatic rings. The maximum absolute atomic E-state index is 6.17. The molecule has 1 N–H and O–H groups in total. The average Bonchev–Trinajstić information content (AvgIpc) is 2.94. The zero-order chi connectivity index (χ0) is 14.7. The summed E-state index contributed by atoms with van der Waals surface area (Å²) in [4.78, 5) is 2.74. The molecule has 0 fully saturated rings. The molecule has 1 aromatic heterocycles. The topological polar surface area (TPSA) is 21.3 Å². The molecule has 2 nitrogen and oxygen atoms in total. The Labute approximate surface area is 131 Å². The molecule has 112 valence electrons. The first-order valence-corrected chi connectivity index (χ1v) is 8.60. The Morgan fingerprint density at radius 3 is 2.90 bits per heavy atom. The van der Waals surface area contributed by atoms with E-state index in [1.807, 2.05) is 11.3 Å². The van der Waals surface area contributed by atoms with Crippen LogP contribution >= 0.6 is 11.3 Å². The SMILES string of the molecule is CCCNC(c1ccc(C)s1)C1OCCc2ccccc21. The lowest BCUT2D eigenvalue weighted by Gasteiger charge is -2.32. The van der Waals surface area contributed by atoms with Crippen LogP contribution in [0, 0.1) is 6.92 Å². The lowest BCUT2D eigenvalue weighted by atomic mass is 9.92. The van der Waals surface area contributed by atoms with Crippen molar-refractivity contribution in [2.24, 2.45) is 0 Å². The van der Waals surface area contributed by atoms with E-state index < -0.39 is 0 Å². The second kappa shape index (κ2) is 6.73. The summed E-state index contributed by atoms with van der Waals surface area (Å²) in [6.07, 6.45) is 2.28. The number of hydrogen-bond donors (Lipinski definition) is 1. The molecule has 0 saturated heterocycles. The third kappa shape index (κ3) is 3.20. The van der Waals surface area contributed by atoms with Gasteiger partial charge in [-0.15, -0.1) is 11.3 Å². The highest BCUT2D eigenvalue weighted by molar-refractivity contribution is 7.12. The quantitative estimate of drug-likeness (QED) is 0.883. The molecule has 1 aliphatic heterocycles. The Kier molecular flexibility index (Phi) is 4.73. The predicted octanol–water partition coefficient (Wildman–Crippen LogP) is 4.41. The molecular formula is C18H23NOS. The molecule has 0 radical (unpaired) electrons. The van der Waals surface area contributed by atoms with Crippen LogP contribution < -0.4 is 5.32 Å². The van der Waals surface area contributed by atoms with Crippen molar-refractivity contribution in [2.75, 3.05) is 13.2 Å². The van der Waals surface area contributed by atoms with Gasteiger partial charge in [-0.3, -0.25) is 0 Å². The van der Waals surface area contributed by atoms with Gasteiger partial charge in [0.1, 0.15) is 6.10 Å². The molecular weight excluding hydrogens is 278 g/mol. The van der Waals surface area contributed by atoms with Crippen LogP contribution in [0.1, 0.15) is 46.4 Å². The van der Waals surface area contributed by atoms with Gasteiger partial charge in [0.05, 0.1) is 12.6 Å². The van der Waals surface area contributed by atoms with E-state index in [9.17, 15) is 0 Å². The van der Waals surface area contributed by atoms with Crippen molar-refractivity contribution in [3.8, 4) is 0 Å². The lowest BCUT2D eigenvalue weighted by molar-refractivity contribution is 0.0156. The van der Waals surface area contributed by atoms with Crippen molar-refractivity contribution in [3.05, 3.63) is 57.3 Å². The van der Waals surface area contributed by atoms with Gasteiger partial charge < -0.3 is 10.1 Å². The molecule has 2 unspecified atom stereocenters. The number of hydrogen-bond acceptors (Lipinski definition) is 3. The number of fused-ring (bicyclic) bond motifs is 1. The normalized spacial score (nSPS) is 19.2. The van der Waals surface area contributed by atoms with Crippen molar-refractivity contribution >= 4 is 11.3 Å². The highest BCUT2D eigenvalue weighted by atomic mass is 32.1. The number of thiophene rings is 1. The second-order valence-corrected chi connectivity index (χ2v) is 6.94. The maximum atomic E-state index is 6.17. The van der Waals surface area contributed by atoms with Gasteiger partial charge in [-0.05, 0) is 49.6 Å². The van der Waals surface area contributed by atoms with E-state index in [1.54, 1.807) is 0 Å². The minimum Gasteiger partial charge on any atom is -0.371 e. The lowest BCUT2D eigenvalue weighted by Crippen LogP contribution is -2.31. The smallest absolute Gasteiger partial charge is 0.103 e. The van der Waals surface area contributed by atoms with Gasteiger partial charge in [0, 0.05) is 9.75 Å². The molecule has 2 atom stereocenters. The first kappa shape index (κ1) is 14.8. The highest BCUT2D eigenvalue weighted by Gasteiger charge is 2.30. The number of benzene rings is 1. The highest BCUT2D eigenvalue weighted by Crippen LogP contribution is 2.39. The van der Waals surface area contributed by atoms with Crippen LogP contribution in [0.15, 0.2) is 36.4 Å². The molecule has 0 spiro atoms. The third-order valence-corrected chi connectivity index (χ3v) is 5.10. The largest absolute Gasteiger partial charge is 0.371 e. The van der Waals surface area contributed by atoms with E-state index in [1.165, 1.54) is 20.9 Å². The Morgan fingerprint density at radius 1 is 1.29 bits per heavy atom. The van der Waals surface area contributed by atoms with Crippen molar-refractivity contribution in [3.63, 3.8) is 0 Å². The van der Waals surface area contributed by atoms with Crippen molar-refractivity contribution < 1.29 is 4.74 Å². The van der Waals surface area contributed by atoms with Crippen LogP contribution in [-0.2, 0) is 11.2 Å². The Bertz CT molecular complexity index is 592. The van der Waals surface area contributed by atoms with E-state index in [-0.39, 0.29) is 12.1 Å². The van der Waals surface area contributed by atoms with Gasteiger partial charge in [0.25, 0.3) is 0 Å². The molecule has 1 aliphatic rings. The fourth-order valence-electron chi connectivity index (χ4n) is 2.98. The van der Waals surface area contributed by atoms with Gasteiger partial charge in [-0.1, -0.05) is 31.2 Å². The van der Waals surface area contributed by atoms with Gasteiger partial charge in [0.15, 0.2) is 0 Å². The number of rotatable bonds is 5. The Morgan fingerprint density at radius 2 is 2.14 bits per heavy atom. The standard InChI is InChI=1S/C18H23NOS/c1-3-11-19-17(16-9-8-13(2)21-16)18-15-7-5-4-6-14(15)10-12-20-18/h4-9,17-19H,3,10-12H2,1-2H3. The fraction of sp³-hybridized carbons (Fsp3) is 0.444. The van der Waals surface area contributed by atoms with Crippen LogP contribution in [0.3, 0.4) is 0 Å². The van der Waals surface area contributed by atoms with Crippen molar-refractivity contribution in [1.82, 2.24) is 5.32 Å². The minimum absolute atomic E-state index is 0.125. The van der Waals surface area contributed by atoms with Crippen LogP contribution in [0.25, 0.3) is 0 Å². The molecule has 2 heterocycles. The second-order valence-electron chi connectivity index (χ2n) is 5.62. The van der Waals surface area contributed by atoms with Crippen molar-refractivity contribution in [1.29, 1.82) is 0 Å². The molecule has 0 bridgehead atoms. The number of nitrogens with one attached hydrogen (secondary N) is 1. The summed E-state index contributed by atoms with van der Waals surface area (Å²) in [6.45, 7) is 6.21. The fourth-order valence-corrected chi connectivity index (χ4v) is 3.96. The molecule has 1 aromatic carbocycles. The summed E-state index contributed by atoms with van der Waals surface area (Å²) in [5.41, 5.74) is 2.79. The molecule has 0 amide bonds. The average molecular weight is 301 g/mol. The summed E-state index contributed by atoms with van der Waals surface area (Å²) in [5.74, 6) is 0. The van der Waals surface area contributed by atoms with E-state index in [0.29, 0.717) is 0 Å². The minimum atomic E-state index is 0.125. The Balaban J connectivity index is 1.93. The van der Waals surface area contributed by atoms with E-state index in [0.717, 1.165) is 26.0 Å². The zero-order valence-electron chi connectivity index (χ0n) is 12.8. The zero-order valence-corrected chi connectivity index (χ0v) is 13.6. The van der Waals surface area contributed by atoms with E-state index in [4.69, 9.17) is 4.74 Å². The predicted molar refractivity (Wildman–Crippen MR) is 88.9 cm³/mol. The van der Waals surface area contributed by atoms with Crippen LogP contribution in [-0.4, -0.2) is 13.2 Å². The van der Waals surface area contributed by atoms with Crippen molar-refractivity contribution in [2.45, 2.75) is 38.8 Å². The third-order valence-electron chi connectivity index (χ3n) is 4.02. The monoisotopic (exact) mass is 301 g/mol. The summed E-state index contributed by atoms with van der Waals surface area (Å²) < 4.78 is 6.17. The molecule has 0 aliphatic carbocycles. The Hall–Kier alpha value is -1.16. The van der Waals surface area contributed by atoms with Gasteiger partial charge in [-0.2, -0.15) is 0 Å². The summed E-state index contributed by atoms with van der Waals surface area (Å²) in [6, 6.07) is 13.4. The maximum Gasteiger partial charge on any atom is 0.103 e. The van der Waals surface area contributed by atoms with Crippen LogP contribution in [0.5, 0.6) is 0 Å². The molecule has 3 rings (SSSR count). The van der Waals surface area contributed by atoms with E-state index >= 15 is 0 Å². The summed E-state index contributed by atoms with van der Waals surface area (Å²) in [5, 5.41) is 3.70. The van der Waals surface area contributed by atoms with E-state index in [2.05, 4.69) is 55.6 Å². The van der Waals surface area contributed by atoms with Gasteiger partial charge in [0.2, 0.25) is 0 Å². The first-order valence-electron chi connectivity index (χ1n) is 7.78.